The highest BCUT2D eigenvalue weighted by Crippen LogP contribution is 2.28. The molecule has 0 amide bonds. The van der Waals surface area contributed by atoms with Crippen LogP contribution in [0.1, 0.15) is 18.1 Å². The van der Waals surface area contributed by atoms with Gasteiger partial charge in [0.05, 0.1) is 17.7 Å². The van der Waals surface area contributed by atoms with Crippen LogP contribution in [0.15, 0.2) is 17.1 Å². The molecule has 18 heavy (non-hydrogen) atoms. The Labute approximate surface area is 99.8 Å². The number of H-pyrrole nitrogens is 1. The summed E-state index contributed by atoms with van der Waals surface area (Å²) in [7, 11) is 0. The molecule has 96 valence electrons. The summed E-state index contributed by atoms with van der Waals surface area (Å²) < 4.78 is 41.5. The van der Waals surface area contributed by atoms with Crippen molar-refractivity contribution in [1.29, 1.82) is 0 Å². The zero-order chi connectivity index (χ0) is 13.8. The molecule has 1 aromatic heterocycles. The number of pyridine rings is 1. The molecule has 0 atom stereocenters. The average Bonchev–Trinajstić information content (AvgIpc) is 2.26. The molecule has 0 fully saturated rings. The molecule has 1 rings (SSSR count). The molecule has 0 saturated heterocycles. The monoisotopic (exact) mass is 259 g/mol. The number of rotatable bonds is 1. The Kier molecular flexibility index (Phi) is 4.15. The number of hydrogen-bond donors (Lipinski definition) is 1. The van der Waals surface area contributed by atoms with Gasteiger partial charge in [-0.3, -0.25) is 4.79 Å². The largest absolute Gasteiger partial charge is 0.456 e. The molecule has 7 heteroatoms. The summed E-state index contributed by atoms with van der Waals surface area (Å²) in [5.74, 6) is 3.05. The zero-order valence-corrected chi connectivity index (χ0v) is 9.22. The van der Waals surface area contributed by atoms with Gasteiger partial charge in [-0.1, -0.05) is 0 Å². The number of ether oxygens (including phenoxy) is 1. The third-order valence-corrected chi connectivity index (χ3v) is 1.81. The first kappa shape index (κ1) is 13.8. The Balaban J connectivity index is 3.10. The fraction of sp³-hybridized carbons (Fsp3) is 0.273. The summed E-state index contributed by atoms with van der Waals surface area (Å²) in [5, 5.41) is 0. The van der Waals surface area contributed by atoms with E-state index in [0.717, 1.165) is 0 Å². The molecule has 0 aliphatic rings. The maximum absolute atomic E-state index is 12.4. The molecule has 1 aromatic rings. The van der Waals surface area contributed by atoms with Gasteiger partial charge in [-0.2, -0.15) is 13.2 Å². The van der Waals surface area contributed by atoms with Gasteiger partial charge in [0, 0.05) is 12.1 Å². The smallest absolute Gasteiger partial charge is 0.417 e. The molecule has 0 aliphatic carbocycles. The molecule has 0 aromatic carbocycles. The summed E-state index contributed by atoms with van der Waals surface area (Å²) in [4.78, 5) is 24.0. The van der Waals surface area contributed by atoms with Crippen LogP contribution in [0.25, 0.3) is 0 Å². The SMILES string of the molecule is CCOC(=O)C#Cc1cc(C(F)(F)F)c[nH]c1=O. The van der Waals surface area contributed by atoms with Crippen molar-refractivity contribution in [2.24, 2.45) is 0 Å². The summed E-state index contributed by atoms with van der Waals surface area (Å²) in [6.07, 6.45) is -4.05. The average molecular weight is 259 g/mol. The maximum atomic E-state index is 12.4. The van der Waals surface area contributed by atoms with Gasteiger partial charge < -0.3 is 9.72 Å². The third-order valence-electron chi connectivity index (χ3n) is 1.81. The van der Waals surface area contributed by atoms with Crippen LogP contribution in [-0.2, 0) is 15.7 Å². The lowest BCUT2D eigenvalue weighted by atomic mass is 10.2. The van der Waals surface area contributed by atoms with E-state index in [4.69, 9.17) is 0 Å². The summed E-state index contributed by atoms with van der Waals surface area (Å²) in [6, 6.07) is 0.574. The number of esters is 1. The van der Waals surface area contributed by atoms with Crippen LogP contribution in [0.2, 0.25) is 0 Å². The van der Waals surface area contributed by atoms with Crippen molar-refractivity contribution in [2.75, 3.05) is 6.61 Å². The van der Waals surface area contributed by atoms with Gasteiger partial charge in [-0.15, -0.1) is 0 Å². The Morgan fingerprint density at radius 3 is 2.72 bits per heavy atom. The second kappa shape index (κ2) is 5.40. The van der Waals surface area contributed by atoms with E-state index in [-0.39, 0.29) is 6.61 Å². The fourth-order valence-electron chi connectivity index (χ4n) is 1.03. The van der Waals surface area contributed by atoms with Crippen molar-refractivity contribution < 1.29 is 22.7 Å². The number of nitrogens with one attached hydrogen (secondary N) is 1. The third kappa shape index (κ3) is 3.66. The minimum absolute atomic E-state index is 0.0897. The molecule has 0 saturated carbocycles. The number of aromatic nitrogens is 1. The summed E-state index contributed by atoms with van der Waals surface area (Å²) in [6.45, 7) is 1.64. The summed E-state index contributed by atoms with van der Waals surface area (Å²) >= 11 is 0. The zero-order valence-electron chi connectivity index (χ0n) is 9.22. The van der Waals surface area contributed by atoms with Crippen molar-refractivity contribution in [3.8, 4) is 11.8 Å². The topological polar surface area (TPSA) is 59.2 Å². The van der Waals surface area contributed by atoms with Crippen molar-refractivity contribution >= 4 is 5.97 Å². The van der Waals surface area contributed by atoms with Gasteiger partial charge in [0.25, 0.3) is 5.56 Å². The predicted molar refractivity (Wildman–Crippen MR) is 55.6 cm³/mol. The van der Waals surface area contributed by atoms with E-state index in [2.05, 4.69) is 4.74 Å². The van der Waals surface area contributed by atoms with E-state index in [9.17, 15) is 22.8 Å². The first-order chi connectivity index (χ1) is 8.34. The molecule has 0 radical (unpaired) electrons. The second-order valence-electron chi connectivity index (χ2n) is 3.10. The minimum Gasteiger partial charge on any atom is -0.456 e. The lowest BCUT2D eigenvalue weighted by Crippen LogP contribution is -2.15. The van der Waals surface area contributed by atoms with E-state index in [1.807, 2.05) is 16.8 Å². The van der Waals surface area contributed by atoms with E-state index in [0.29, 0.717) is 12.3 Å². The lowest BCUT2D eigenvalue weighted by Gasteiger charge is -2.05. The van der Waals surface area contributed by atoms with Crippen LogP contribution in [0.5, 0.6) is 0 Å². The summed E-state index contributed by atoms with van der Waals surface area (Å²) in [5.41, 5.74) is -2.30. The van der Waals surface area contributed by atoms with Crippen LogP contribution in [0, 0.1) is 11.8 Å². The maximum Gasteiger partial charge on any atom is 0.417 e. The predicted octanol–water partition coefficient (Wildman–Crippen LogP) is 1.31. The number of aromatic amines is 1. The molecule has 1 N–H and O–H groups in total. The van der Waals surface area contributed by atoms with E-state index in [1.165, 1.54) is 0 Å². The molecular formula is C11H8F3NO3. The Morgan fingerprint density at radius 2 is 2.17 bits per heavy atom. The van der Waals surface area contributed by atoms with E-state index >= 15 is 0 Å². The highest BCUT2D eigenvalue weighted by Gasteiger charge is 2.31. The number of halogens is 3. The molecule has 0 bridgehead atoms. The van der Waals surface area contributed by atoms with Gasteiger partial charge >= 0.3 is 12.1 Å². The number of alkyl halides is 3. The number of hydrogen-bond acceptors (Lipinski definition) is 3. The molecule has 4 nitrogen and oxygen atoms in total. The van der Waals surface area contributed by atoms with Crippen molar-refractivity contribution in [3.05, 3.63) is 33.7 Å². The first-order valence-corrected chi connectivity index (χ1v) is 4.83. The quantitative estimate of drug-likeness (QED) is 0.611. The highest BCUT2D eigenvalue weighted by atomic mass is 19.4. The Hall–Kier alpha value is -2.23. The van der Waals surface area contributed by atoms with Crippen molar-refractivity contribution in [1.82, 2.24) is 4.98 Å². The Morgan fingerprint density at radius 1 is 1.50 bits per heavy atom. The van der Waals surface area contributed by atoms with E-state index in [1.54, 1.807) is 6.92 Å². The van der Waals surface area contributed by atoms with Gasteiger partial charge in [0.2, 0.25) is 0 Å². The normalized spacial score (nSPS) is 10.4. The molecule has 0 unspecified atom stereocenters. The van der Waals surface area contributed by atoms with Gasteiger partial charge in [-0.25, -0.2) is 4.79 Å². The van der Waals surface area contributed by atoms with Gasteiger partial charge in [0.15, 0.2) is 0 Å². The minimum atomic E-state index is -4.59. The van der Waals surface area contributed by atoms with Crippen molar-refractivity contribution in [2.45, 2.75) is 13.1 Å². The van der Waals surface area contributed by atoms with Gasteiger partial charge in [0.1, 0.15) is 0 Å². The van der Waals surface area contributed by atoms with Gasteiger partial charge in [-0.05, 0) is 18.9 Å². The highest BCUT2D eigenvalue weighted by molar-refractivity contribution is 5.89. The first-order valence-electron chi connectivity index (χ1n) is 4.83. The molecule has 0 aliphatic heterocycles. The molecular weight excluding hydrogens is 251 g/mol. The lowest BCUT2D eigenvalue weighted by molar-refractivity contribution is -0.138. The van der Waals surface area contributed by atoms with Crippen LogP contribution >= 0.6 is 0 Å². The number of carbonyl (C=O) groups is 1. The van der Waals surface area contributed by atoms with Crippen molar-refractivity contribution in [3.63, 3.8) is 0 Å². The Bertz CT molecular complexity index is 563. The van der Waals surface area contributed by atoms with Crippen LogP contribution in [-0.4, -0.2) is 17.6 Å². The van der Waals surface area contributed by atoms with Crippen LogP contribution in [0.4, 0.5) is 13.2 Å². The fourth-order valence-corrected chi connectivity index (χ4v) is 1.03. The second-order valence-corrected chi connectivity index (χ2v) is 3.10. The molecule has 0 spiro atoms. The van der Waals surface area contributed by atoms with Crippen LogP contribution < -0.4 is 5.56 Å². The molecule has 1 heterocycles. The van der Waals surface area contributed by atoms with E-state index < -0.39 is 28.8 Å². The van der Waals surface area contributed by atoms with Crippen LogP contribution in [0.3, 0.4) is 0 Å². The number of carbonyl (C=O) groups excluding carboxylic acids is 1. The standard InChI is InChI=1S/C11H8F3NO3/c1-2-18-9(16)4-3-7-5-8(11(12,13)14)6-15-10(7)17/h5-6H,2H2,1H3,(H,15,17).